The third kappa shape index (κ3) is 6.68. The smallest absolute Gasteiger partial charge is 0.191 e. The van der Waals surface area contributed by atoms with Crippen molar-refractivity contribution in [3.05, 3.63) is 29.8 Å². The summed E-state index contributed by atoms with van der Waals surface area (Å²) in [5.74, 6) is 1.10. The van der Waals surface area contributed by atoms with Crippen LogP contribution in [0.1, 0.15) is 26.3 Å². The van der Waals surface area contributed by atoms with Crippen LogP contribution in [0.3, 0.4) is 0 Å². The topological polar surface area (TPSA) is 56.7 Å². The van der Waals surface area contributed by atoms with Crippen molar-refractivity contribution in [2.45, 2.75) is 33.4 Å². The molecular formula is C13H22IN3O. The fourth-order valence-electron chi connectivity index (χ4n) is 1.37. The minimum atomic E-state index is 0. The first-order valence-corrected chi connectivity index (χ1v) is 5.94. The van der Waals surface area contributed by atoms with E-state index in [1.807, 2.05) is 19.1 Å². The van der Waals surface area contributed by atoms with Crippen molar-refractivity contribution >= 4 is 29.9 Å². The highest BCUT2D eigenvalue weighted by Crippen LogP contribution is 2.10. The SMILES string of the molecule is CCNC(=NCc1ccc(O)cc1)NC(C)C.I. The average molecular weight is 363 g/mol. The summed E-state index contributed by atoms with van der Waals surface area (Å²) in [5, 5.41) is 15.6. The lowest BCUT2D eigenvalue weighted by molar-refractivity contribution is 0.475. The summed E-state index contributed by atoms with van der Waals surface area (Å²) in [6, 6.07) is 7.45. The van der Waals surface area contributed by atoms with Gasteiger partial charge in [0.05, 0.1) is 6.54 Å². The Morgan fingerprint density at radius 2 is 1.89 bits per heavy atom. The number of guanidine groups is 1. The van der Waals surface area contributed by atoms with Gasteiger partial charge in [-0.3, -0.25) is 0 Å². The maximum absolute atomic E-state index is 9.18. The van der Waals surface area contributed by atoms with Gasteiger partial charge in [0.25, 0.3) is 0 Å². The predicted octanol–water partition coefficient (Wildman–Crippen LogP) is 2.47. The highest BCUT2D eigenvalue weighted by atomic mass is 127. The molecule has 5 heteroatoms. The normalized spacial score (nSPS) is 11.0. The largest absolute Gasteiger partial charge is 0.508 e. The fourth-order valence-corrected chi connectivity index (χ4v) is 1.37. The first kappa shape index (κ1) is 17.0. The van der Waals surface area contributed by atoms with E-state index in [2.05, 4.69) is 29.5 Å². The number of benzene rings is 1. The Kier molecular flexibility index (Phi) is 8.53. The molecular weight excluding hydrogens is 341 g/mol. The fraction of sp³-hybridized carbons (Fsp3) is 0.462. The van der Waals surface area contributed by atoms with Crippen LogP contribution in [-0.2, 0) is 6.54 Å². The third-order valence-corrected chi connectivity index (χ3v) is 2.13. The van der Waals surface area contributed by atoms with Gasteiger partial charge in [-0.15, -0.1) is 24.0 Å². The molecule has 0 spiro atoms. The Morgan fingerprint density at radius 1 is 1.28 bits per heavy atom. The second kappa shape index (κ2) is 9.02. The second-order valence-corrected chi connectivity index (χ2v) is 4.16. The Morgan fingerprint density at radius 3 is 2.39 bits per heavy atom. The molecule has 18 heavy (non-hydrogen) atoms. The molecule has 0 saturated carbocycles. The highest BCUT2D eigenvalue weighted by Gasteiger charge is 1.99. The number of rotatable bonds is 4. The Bertz CT molecular complexity index is 363. The summed E-state index contributed by atoms with van der Waals surface area (Å²) >= 11 is 0. The van der Waals surface area contributed by atoms with Crippen molar-refractivity contribution in [1.29, 1.82) is 0 Å². The van der Waals surface area contributed by atoms with Gasteiger partial charge in [0.15, 0.2) is 5.96 Å². The monoisotopic (exact) mass is 363 g/mol. The van der Waals surface area contributed by atoms with Crippen molar-refractivity contribution in [2.24, 2.45) is 4.99 Å². The first-order chi connectivity index (χ1) is 8.11. The number of aliphatic imine (C=N–C) groups is 1. The van der Waals surface area contributed by atoms with Gasteiger partial charge in [-0.1, -0.05) is 12.1 Å². The Hall–Kier alpha value is -0.980. The van der Waals surface area contributed by atoms with Crippen LogP contribution >= 0.6 is 24.0 Å². The van der Waals surface area contributed by atoms with E-state index in [1.165, 1.54) is 0 Å². The molecule has 0 fully saturated rings. The first-order valence-electron chi connectivity index (χ1n) is 5.94. The number of hydrogen-bond acceptors (Lipinski definition) is 2. The van der Waals surface area contributed by atoms with Gasteiger partial charge in [0.1, 0.15) is 5.75 Å². The molecule has 1 aromatic rings. The van der Waals surface area contributed by atoms with E-state index in [4.69, 9.17) is 0 Å². The van der Waals surface area contributed by atoms with E-state index in [0.29, 0.717) is 12.6 Å². The van der Waals surface area contributed by atoms with Crippen LogP contribution in [0.25, 0.3) is 0 Å². The van der Waals surface area contributed by atoms with E-state index in [0.717, 1.165) is 18.1 Å². The van der Waals surface area contributed by atoms with E-state index in [1.54, 1.807) is 12.1 Å². The molecule has 1 aromatic carbocycles. The quantitative estimate of drug-likeness (QED) is 0.438. The van der Waals surface area contributed by atoms with Crippen molar-refractivity contribution in [1.82, 2.24) is 10.6 Å². The molecule has 0 radical (unpaired) electrons. The van der Waals surface area contributed by atoms with Crippen molar-refractivity contribution < 1.29 is 5.11 Å². The van der Waals surface area contributed by atoms with Gasteiger partial charge >= 0.3 is 0 Å². The lowest BCUT2D eigenvalue weighted by Gasteiger charge is -2.13. The van der Waals surface area contributed by atoms with Crippen LogP contribution in [-0.4, -0.2) is 23.7 Å². The number of nitrogens with one attached hydrogen (secondary N) is 2. The Balaban J connectivity index is 0.00000289. The van der Waals surface area contributed by atoms with Gasteiger partial charge in [-0.25, -0.2) is 4.99 Å². The second-order valence-electron chi connectivity index (χ2n) is 4.16. The zero-order chi connectivity index (χ0) is 12.7. The van der Waals surface area contributed by atoms with Crippen LogP contribution in [0, 0.1) is 0 Å². The minimum Gasteiger partial charge on any atom is -0.508 e. The minimum absolute atomic E-state index is 0. The van der Waals surface area contributed by atoms with E-state index >= 15 is 0 Å². The number of nitrogens with zero attached hydrogens (tertiary/aromatic N) is 1. The van der Waals surface area contributed by atoms with Gasteiger partial charge in [-0.05, 0) is 38.5 Å². The van der Waals surface area contributed by atoms with Crippen LogP contribution in [0.15, 0.2) is 29.3 Å². The highest BCUT2D eigenvalue weighted by molar-refractivity contribution is 14.0. The Labute approximate surface area is 126 Å². The molecule has 0 unspecified atom stereocenters. The maximum atomic E-state index is 9.18. The molecule has 0 aliphatic heterocycles. The number of hydrogen-bond donors (Lipinski definition) is 3. The van der Waals surface area contributed by atoms with Gasteiger partial charge < -0.3 is 15.7 Å². The zero-order valence-electron chi connectivity index (χ0n) is 11.1. The summed E-state index contributed by atoms with van der Waals surface area (Å²) in [7, 11) is 0. The van der Waals surface area contributed by atoms with Crippen molar-refractivity contribution in [3.8, 4) is 5.75 Å². The summed E-state index contributed by atoms with van der Waals surface area (Å²) in [6.07, 6.45) is 0. The summed E-state index contributed by atoms with van der Waals surface area (Å²) in [5.41, 5.74) is 1.07. The molecule has 0 aromatic heterocycles. The number of aromatic hydroxyl groups is 1. The molecule has 0 atom stereocenters. The number of halogens is 1. The molecule has 0 bridgehead atoms. The number of phenols is 1. The molecule has 3 N–H and O–H groups in total. The van der Waals surface area contributed by atoms with Crippen LogP contribution in [0.2, 0.25) is 0 Å². The molecule has 4 nitrogen and oxygen atoms in total. The van der Waals surface area contributed by atoms with Crippen molar-refractivity contribution in [3.63, 3.8) is 0 Å². The van der Waals surface area contributed by atoms with E-state index in [9.17, 15) is 5.11 Å². The van der Waals surface area contributed by atoms with Gasteiger partial charge in [0.2, 0.25) is 0 Å². The molecule has 0 heterocycles. The summed E-state index contributed by atoms with van der Waals surface area (Å²) in [4.78, 5) is 4.47. The third-order valence-electron chi connectivity index (χ3n) is 2.13. The molecule has 0 amide bonds. The number of phenolic OH excluding ortho intramolecular Hbond substituents is 1. The van der Waals surface area contributed by atoms with Crippen LogP contribution < -0.4 is 10.6 Å². The van der Waals surface area contributed by atoms with E-state index < -0.39 is 0 Å². The molecule has 0 aliphatic rings. The molecule has 0 saturated heterocycles. The van der Waals surface area contributed by atoms with Crippen LogP contribution in [0.5, 0.6) is 5.75 Å². The molecule has 1 rings (SSSR count). The summed E-state index contributed by atoms with van der Waals surface area (Å²) in [6.45, 7) is 7.63. The van der Waals surface area contributed by atoms with Gasteiger partial charge in [0, 0.05) is 12.6 Å². The zero-order valence-corrected chi connectivity index (χ0v) is 13.4. The standard InChI is InChI=1S/C13H21N3O.HI/c1-4-14-13(16-10(2)3)15-9-11-5-7-12(17)8-6-11;/h5-8,10,17H,4,9H2,1-3H3,(H2,14,15,16);1H. The predicted molar refractivity (Wildman–Crippen MR) is 86.6 cm³/mol. The molecule has 0 aliphatic carbocycles. The summed E-state index contributed by atoms with van der Waals surface area (Å²) < 4.78 is 0. The van der Waals surface area contributed by atoms with Crippen LogP contribution in [0.4, 0.5) is 0 Å². The lowest BCUT2D eigenvalue weighted by Crippen LogP contribution is -2.40. The van der Waals surface area contributed by atoms with Crippen molar-refractivity contribution in [2.75, 3.05) is 6.54 Å². The lowest BCUT2D eigenvalue weighted by atomic mass is 10.2. The molecule has 102 valence electrons. The average Bonchev–Trinajstić information content (AvgIpc) is 2.27. The maximum Gasteiger partial charge on any atom is 0.191 e. The van der Waals surface area contributed by atoms with Gasteiger partial charge in [-0.2, -0.15) is 0 Å². The van der Waals surface area contributed by atoms with E-state index in [-0.39, 0.29) is 29.7 Å².